The lowest BCUT2D eigenvalue weighted by Gasteiger charge is -2.21. The quantitative estimate of drug-likeness (QED) is 0.583. The summed E-state index contributed by atoms with van der Waals surface area (Å²) in [4.78, 5) is 27.3. The van der Waals surface area contributed by atoms with E-state index in [9.17, 15) is 9.59 Å². The molecule has 29 heavy (non-hydrogen) atoms. The van der Waals surface area contributed by atoms with Crippen molar-refractivity contribution >= 4 is 23.2 Å². The molecule has 5 nitrogen and oxygen atoms in total. The first-order valence-electron chi connectivity index (χ1n) is 9.51. The average molecular weight is 409 g/mol. The number of para-hydroxylation sites is 1. The molecule has 2 aromatic carbocycles. The van der Waals surface area contributed by atoms with Crippen LogP contribution < -0.4 is 10.1 Å². The van der Waals surface area contributed by atoms with E-state index in [-0.39, 0.29) is 25.0 Å². The van der Waals surface area contributed by atoms with Gasteiger partial charge in [0.15, 0.2) is 6.61 Å². The smallest absolute Gasteiger partial charge is 0.260 e. The van der Waals surface area contributed by atoms with E-state index in [4.69, 9.17) is 4.74 Å². The van der Waals surface area contributed by atoms with Gasteiger partial charge in [-0.2, -0.15) is 0 Å². The number of carbonyl (C=O) groups is 2. The number of ether oxygens (including phenoxy) is 1. The Bertz CT molecular complexity index is 926. The van der Waals surface area contributed by atoms with Gasteiger partial charge in [0.1, 0.15) is 5.75 Å². The summed E-state index contributed by atoms with van der Waals surface area (Å²) in [5, 5.41) is 4.81. The molecule has 3 aromatic rings. The Morgan fingerprint density at radius 2 is 1.76 bits per heavy atom. The Labute approximate surface area is 174 Å². The molecule has 3 rings (SSSR count). The van der Waals surface area contributed by atoms with Crippen LogP contribution in [0.15, 0.2) is 72.1 Å². The van der Waals surface area contributed by atoms with E-state index in [1.807, 2.05) is 79.0 Å². The lowest BCUT2D eigenvalue weighted by Crippen LogP contribution is -2.42. The van der Waals surface area contributed by atoms with Gasteiger partial charge in [-0.3, -0.25) is 9.59 Å². The van der Waals surface area contributed by atoms with Gasteiger partial charge in [-0.25, -0.2) is 0 Å². The minimum atomic E-state index is -0.221. The first kappa shape index (κ1) is 20.6. The highest BCUT2D eigenvalue weighted by Gasteiger charge is 2.17. The van der Waals surface area contributed by atoms with Crippen molar-refractivity contribution in [3.63, 3.8) is 0 Å². The Morgan fingerprint density at radius 3 is 2.48 bits per heavy atom. The highest BCUT2D eigenvalue weighted by Crippen LogP contribution is 2.29. The molecule has 0 aliphatic rings. The zero-order valence-electron chi connectivity index (χ0n) is 16.3. The fraction of sp³-hybridized carbons (Fsp3) is 0.217. The topological polar surface area (TPSA) is 58.6 Å². The number of nitrogens with zero attached hydrogens (tertiary/aromatic N) is 1. The predicted molar refractivity (Wildman–Crippen MR) is 116 cm³/mol. The molecule has 6 heteroatoms. The van der Waals surface area contributed by atoms with Gasteiger partial charge in [0.05, 0.1) is 13.1 Å². The zero-order chi connectivity index (χ0) is 20.5. The van der Waals surface area contributed by atoms with Gasteiger partial charge in [0.25, 0.3) is 5.91 Å². The number of hydrogen-bond acceptors (Lipinski definition) is 4. The number of benzene rings is 2. The van der Waals surface area contributed by atoms with Gasteiger partial charge in [0, 0.05) is 17.0 Å². The lowest BCUT2D eigenvalue weighted by molar-refractivity contribution is -0.137. The first-order valence-corrected chi connectivity index (χ1v) is 10.4. The Hall–Kier alpha value is -3.12. The highest BCUT2D eigenvalue weighted by atomic mass is 32.1. The number of hydrogen-bond donors (Lipinski definition) is 1. The van der Waals surface area contributed by atoms with E-state index in [1.165, 1.54) is 4.90 Å². The van der Waals surface area contributed by atoms with Gasteiger partial charge >= 0.3 is 0 Å². The van der Waals surface area contributed by atoms with E-state index in [0.717, 1.165) is 16.0 Å². The van der Waals surface area contributed by atoms with Crippen LogP contribution in [0.5, 0.6) is 5.75 Å². The molecule has 0 aliphatic carbocycles. The summed E-state index contributed by atoms with van der Waals surface area (Å²) in [5.74, 6) is 0.241. The van der Waals surface area contributed by atoms with Crippen molar-refractivity contribution in [3.05, 3.63) is 77.0 Å². The molecule has 0 unspecified atom stereocenters. The lowest BCUT2D eigenvalue weighted by atomic mass is 10.1. The molecular formula is C23H24N2O3S. The Balaban J connectivity index is 1.56. The number of thiophene rings is 1. The van der Waals surface area contributed by atoms with Crippen LogP contribution in [0.2, 0.25) is 0 Å². The van der Waals surface area contributed by atoms with E-state index < -0.39 is 0 Å². The van der Waals surface area contributed by atoms with Gasteiger partial charge < -0.3 is 15.0 Å². The van der Waals surface area contributed by atoms with E-state index >= 15 is 0 Å². The molecule has 0 radical (unpaired) electrons. The largest absolute Gasteiger partial charge is 0.483 e. The summed E-state index contributed by atoms with van der Waals surface area (Å²) in [6, 6.07) is 21.4. The zero-order valence-corrected chi connectivity index (χ0v) is 17.2. The molecule has 1 heterocycles. The molecule has 1 aromatic heterocycles. The Kier molecular flexibility index (Phi) is 7.41. The molecule has 0 saturated heterocycles. The summed E-state index contributed by atoms with van der Waals surface area (Å²) in [7, 11) is 0. The third-order valence-electron chi connectivity index (χ3n) is 4.43. The van der Waals surface area contributed by atoms with Crippen LogP contribution in [0.1, 0.15) is 11.8 Å². The molecule has 0 aliphatic heterocycles. The Morgan fingerprint density at radius 1 is 1.00 bits per heavy atom. The highest BCUT2D eigenvalue weighted by molar-refractivity contribution is 7.09. The van der Waals surface area contributed by atoms with Crippen molar-refractivity contribution in [2.45, 2.75) is 13.5 Å². The molecule has 0 bridgehead atoms. The number of carbonyl (C=O) groups excluding carboxylic acids is 2. The van der Waals surface area contributed by atoms with Crippen LogP contribution in [-0.2, 0) is 16.1 Å². The molecule has 1 N–H and O–H groups in total. The average Bonchev–Trinajstić information content (AvgIpc) is 3.29. The summed E-state index contributed by atoms with van der Waals surface area (Å²) >= 11 is 1.59. The number of rotatable bonds is 9. The van der Waals surface area contributed by atoms with Gasteiger partial charge in [-0.05, 0) is 30.0 Å². The van der Waals surface area contributed by atoms with E-state index in [1.54, 1.807) is 11.3 Å². The van der Waals surface area contributed by atoms with Gasteiger partial charge in [-0.1, -0.05) is 54.6 Å². The normalized spacial score (nSPS) is 10.4. The minimum Gasteiger partial charge on any atom is -0.483 e. The molecule has 150 valence electrons. The van der Waals surface area contributed by atoms with Crippen molar-refractivity contribution in [1.82, 2.24) is 10.2 Å². The van der Waals surface area contributed by atoms with Crippen LogP contribution in [0.3, 0.4) is 0 Å². The summed E-state index contributed by atoms with van der Waals surface area (Å²) < 4.78 is 5.82. The van der Waals surface area contributed by atoms with Crippen LogP contribution in [0.4, 0.5) is 0 Å². The van der Waals surface area contributed by atoms with Crippen LogP contribution >= 0.6 is 11.3 Å². The maximum Gasteiger partial charge on any atom is 0.260 e. The van der Waals surface area contributed by atoms with Crippen LogP contribution in [0.25, 0.3) is 11.1 Å². The maximum absolute atomic E-state index is 12.6. The van der Waals surface area contributed by atoms with E-state index in [2.05, 4.69) is 5.32 Å². The fourth-order valence-electron chi connectivity index (χ4n) is 2.88. The fourth-order valence-corrected chi connectivity index (χ4v) is 3.53. The SMILES string of the molecule is CCN(CC(=O)NCc1cccs1)C(=O)COc1ccccc1-c1ccccc1. The van der Waals surface area contributed by atoms with Crippen molar-refractivity contribution in [2.24, 2.45) is 0 Å². The van der Waals surface area contributed by atoms with Crippen LogP contribution in [0, 0.1) is 0 Å². The van der Waals surface area contributed by atoms with Crippen molar-refractivity contribution < 1.29 is 14.3 Å². The van der Waals surface area contributed by atoms with Crippen LogP contribution in [-0.4, -0.2) is 36.4 Å². The van der Waals surface area contributed by atoms with Crippen molar-refractivity contribution in [3.8, 4) is 16.9 Å². The van der Waals surface area contributed by atoms with Gasteiger partial charge in [-0.15, -0.1) is 11.3 Å². The number of amides is 2. The number of nitrogens with one attached hydrogen (secondary N) is 1. The second-order valence-electron chi connectivity index (χ2n) is 6.41. The molecule has 0 saturated carbocycles. The standard InChI is InChI=1S/C23H24N2O3S/c1-2-25(16-22(26)24-15-19-11-8-14-29-19)23(27)17-28-21-13-7-6-12-20(21)18-9-4-3-5-10-18/h3-14H,2,15-17H2,1H3,(H,24,26). The van der Waals surface area contributed by atoms with Crippen molar-refractivity contribution in [1.29, 1.82) is 0 Å². The number of likely N-dealkylation sites (N-methyl/N-ethyl adjacent to an activating group) is 1. The third kappa shape index (κ3) is 5.93. The van der Waals surface area contributed by atoms with Gasteiger partial charge in [0.2, 0.25) is 5.91 Å². The monoisotopic (exact) mass is 408 g/mol. The summed E-state index contributed by atoms with van der Waals surface area (Å²) in [5.41, 5.74) is 1.95. The first-order chi connectivity index (χ1) is 14.2. The molecular weight excluding hydrogens is 384 g/mol. The maximum atomic E-state index is 12.6. The molecule has 0 atom stereocenters. The molecule has 0 spiro atoms. The molecule has 0 fully saturated rings. The van der Waals surface area contributed by atoms with Crippen molar-refractivity contribution in [2.75, 3.05) is 19.7 Å². The molecule has 2 amide bonds. The van der Waals surface area contributed by atoms with E-state index in [0.29, 0.717) is 18.8 Å². The predicted octanol–water partition coefficient (Wildman–Crippen LogP) is 3.96. The second kappa shape index (κ2) is 10.4. The summed E-state index contributed by atoms with van der Waals surface area (Å²) in [6.07, 6.45) is 0. The summed E-state index contributed by atoms with van der Waals surface area (Å²) in [6.45, 7) is 2.67. The second-order valence-corrected chi connectivity index (χ2v) is 7.45. The third-order valence-corrected chi connectivity index (χ3v) is 5.31. The minimum absolute atomic E-state index is 0.0183.